The third-order valence-electron chi connectivity index (χ3n) is 4.29. The number of rotatable bonds is 7. The molecule has 3 nitrogen and oxygen atoms in total. The molecule has 4 atom stereocenters. The van der Waals surface area contributed by atoms with Crippen molar-refractivity contribution in [1.82, 2.24) is 0 Å². The highest BCUT2D eigenvalue weighted by Gasteiger charge is 2.35. The number of aryl methyl sites for hydroxylation is 1. The summed E-state index contributed by atoms with van der Waals surface area (Å²) in [5, 5.41) is -0.0292. The van der Waals surface area contributed by atoms with Gasteiger partial charge in [0.05, 0.1) is 23.8 Å². The van der Waals surface area contributed by atoms with Crippen LogP contribution >= 0.6 is 0 Å². The Bertz CT molecular complexity index is 548. The molecule has 0 saturated carbocycles. The minimum Gasteiger partial charge on any atom is -0.469 e. The van der Waals surface area contributed by atoms with E-state index in [4.69, 9.17) is 4.74 Å². The van der Waals surface area contributed by atoms with E-state index in [9.17, 15) is 9.00 Å². The largest absolute Gasteiger partial charge is 0.469 e. The van der Waals surface area contributed by atoms with Crippen molar-refractivity contribution in [3.63, 3.8) is 0 Å². The number of methoxy groups -OCH3 is 1. The molecule has 5 heteroatoms. The minimum absolute atomic E-state index is 0.0105. The first-order chi connectivity index (χ1) is 10.6. The Morgan fingerprint density at radius 2 is 1.70 bits per heavy atom. The van der Waals surface area contributed by atoms with Crippen LogP contribution in [-0.2, 0) is 20.3 Å². The van der Waals surface area contributed by atoms with Gasteiger partial charge in [-0.3, -0.25) is 9.00 Å². The summed E-state index contributed by atoms with van der Waals surface area (Å²) in [7, 11) is -1.13. The zero-order chi connectivity index (χ0) is 17.8. The molecule has 0 amide bonds. The van der Waals surface area contributed by atoms with Gasteiger partial charge in [-0.05, 0) is 31.0 Å². The van der Waals surface area contributed by atoms with E-state index in [-0.39, 0.29) is 23.1 Å². The van der Waals surface area contributed by atoms with Crippen LogP contribution < -0.4 is 0 Å². The van der Waals surface area contributed by atoms with Crippen LogP contribution in [0.2, 0.25) is 25.7 Å². The summed E-state index contributed by atoms with van der Waals surface area (Å²) in [6.07, 6.45) is 0. The Labute approximate surface area is 144 Å². The lowest BCUT2D eigenvalue weighted by atomic mass is 9.93. The van der Waals surface area contributed by atoms with Crippen molar-refractivity contribution in [2.24, 2.45) is 11.8 Å². The maximum Gasteiger partial charge on any atom is 0.308 e. The molecule has 0 spiro atoms. The van der Waals surface area contributed by atoms with Crippen LogP contribution in [-0.4, -0.2) is 30.6 Å². The molecule has 0 bridgehead atoms. The molecule has 0 fully saturated rings. The molecule has 0 N–H and O–H groups in total. The third kappa shape index (κ3) is 5.88. The lowest BCUT2D eigenvalue weighted by molar-refractivity contribution is -0.146. The van der Waals surface area contributed by atoms with Gasteiger partial charge in [0.15, 0.2) is 0 Å². The molecular weight excluding hydrogens is 324 g/mol. The third-order valence-corrected chi connectivity index (χ3v) is 8.13. The highest BCUT2D eigenvalue weighted by Crippen LogP contribution is 2.30. The molecule has 0 aliphatic rings. The maximum absolute atomic E-state index is 13.2. The van der Waals surface area contributed by atoms with Crippen LogP contribution in [0.3, 0.4) is 0 Å². The van der Waals surface area contributed by atoms with Gasteiger partial charge >= 0.3 is 5.97 Å². The summed E-state index contributed by atoms with van der Waals surface area (Å²) >= 11 is 0. The molecule has 1 aromatic carbocycles. The average molecular weight is 355 g/mol. The predicted molar refractivity (Wildman–Crippen MR) is 99.9 cm³/mol. The number of benzene rings is 1. The lowest BCUT2D eigenvalue weighted by Crippen LogP contribution is -2.38. The van der Waals surface area contributed by atoms with E-state index in [0.717, 1.165) is 16.5 Å². The number of esters is 1. The second kappa shape index (κ2) is 8.24. The number of carbonyl (C=O) groups excluding carboxylic acids is 1. The number of hydrogen-bond acceptors (Lipinski definition) is 3. The van der Waals surface area contributed by atoms with E-state index < -0.39 is 18.9 Å². The standard InChI is InChI=1S/C18H30O3SSi/c1-13-8-10-16(11-9-13)22(20)17(12-23(5,6)7)14(2)15(3)18(19)21-4/h8-11,14-15,17H,12H2,1-7H3/t14-,15-,17-,22?/m0/s1. The predicted octanol–water partition coefficient (Wildman–Crippen LogP) is 4.25. The monoisotopic (exact) mass is 354 g/mol. The van der Waals surface area contributed by atoms with Crippen LogP contribution in [0.25, 0.3) is 0 Å². The van der Waals surface area contributed by atoms with Gasteiger partial charge in [-0.2, -0.15) is 0 Å². The lowest BCUT2D eigenvalue weighted by Gasteiger charge is -2.31. The fourth-order valence-electron chi connectivity index (χ4n) is 2.63. The number of hydrogen-bond donors (Lipinski definition) is 0. The Morgan fingerprint density at radius 3 is 2.13 bits per heavy atom. The molecule has 0 saturated heterocycles. The van der Waals surface area contributed by atoms with Crippen molar-refractivity contribution >= 4 is 24.8 Å². The number of ether oxygens (including phenoxy) is 1. The van der Waals surface area contributed by atoms with Crippen molar-refractivity contribution < 1.29 is 13.7 Å². The summed E-state index contributed by atoms with van der Waals surface area (Å²) in [6.45, 7) is 12.8. The Morgan fingerprint density at radius 1 is 1.17 bits per heavy atom. The summed E-state index contributed by atoms with van der Waals surface area (Å²) in [5.74, 6) is -0.467. The Balaban J connectivity index is 3.11. The summed E-state index contributed by atoms with van der Waals surface area (Å²) in [4.78, 5) is 12.8. The second-order valence-electron chi connectivity index (χ2n) is 7.58. The molecule has 1 aromatic rings. The molecule has 130 valence electrons. The first-order valence-electron chi connectivity index (χ1n) is 8.12. The molecule has 0 heterocycles. The van der Waals surface area contributed by atoms with E-state index in [1.807, 2.05) is 45.0 Å². The van der Waals surface area contributed by atoms with Crippen molar-refractivity contribution in [1.29, 1.82) is 0 Å². The van der Waals surface area contributed by atoms with Gasteiger partial charge in [0.1, 0.15) is 0 Å². The smallest absolute Gasteiger partial charge is 0.308 e. The van der Waals surface area contributed by atoms with E-state index >= 15 is 0 Å². The minimum atomic E-state index is -1.43. The quantitative estimate of drug-likeness (QED) is 0.543. The van der Waals surface area contributed by atoms with Gasteiger partial charge in [-0.15, -0.1) is 0 Å². The topological polar surface area (TPSA) is 43.4 Å². The van der Waals surface area contributed by atoms with Crippen molar-refractivity contribution in [3.8, 4) is 0 Å². The molecule has 0 radical (unpaired) electrons. The van der Waals surface area contributed by atoms with E-state index in [2.05, 4.69) is 19.6 Å². The second-order valence-corrected chi connectivity index (χ2v) is 14.8. The fraction of sp³-hybridized carbons (Fsp3) is 0.611. The van der Waals surface area contributed by atoms with Gasteiger partial charge in [0.25, 0.3) is 0 Å². The van der Waals surface area contributed by atoms with Gasteiger partial charge < -0.3 is 4.74 Å². The summed E-state index contributed by atoms with van der Waals surface area (Å²) < 4.78 is 18.1. The van der Waals surface area contributed by atoms with Crippen LogP contribution in [0.4, 0.5) is 0 Å². The first-order valence-corrected chi connectivity index (χ1v) is 13.0. The first kappa shape index (κ1) is 20.1. The van der Waals surface area contributed by atoms with Crippen molar-refractivity contribution in [2.45, 2.75) is 56.6 Å². The van der Waals surface area contributed by atoms with Crippen molar-refractivity contribution in [2.75, 3.05) is 7.11 Å². The SMILES string of the molecule is COC(=O)[C@@H](C)[C@H](C)[C@H](C[Si](C)(C)C)S(=O)c1ccc(C)cc1. The Kier molecular flexibility index (Phi) is 7.20. The molecule has 1 unspecified atom stereocenters. The van der Waals surface area contributed by atoms with Crippen LogP contribution in [0.1, 0.15) is 19.4 Å². The summed E-state index contributed by atoms with van der Waals surface area (Å²) in [5.41, 5.74) is 1.16. The zero-order valence-electron chi connectivity index (χ0n) is 15.4. The highest BCUT2D eigenvalue weighted by molar-refractivity contribution is 7.85. The number of carbonyl (C=O) groups is 1. The maximum atomic E-state index is 13.2. The van der Waals surface area contributed by atoms with Gasteiger partial charge in [0, 0.05) is 18.2 Å². The highest BCUT2D eigenvalue weighted by atomic mass is 32.2. The molecule has 23 heavy (non-hydrogen) atoms. The molecule has 1 rings (SSSR count). The van der Waals surface area contributed by atoms with E-state index in [1.54, 1.807) is 0 Å². The normalized spacial score (nSPS) is 17.2. The van der Waals surface area contributed by atoms with Gasteiger partial charge in [-0.25, -0.2) is 0 Å². The average Bonchev–Trinajstić information content (AvgIpc) is 2.49. The summed E-state index contributed by atoms with van der Waals surface area (Å²) in [6, 6.07) is 8.80. The molecule has 0 aliphatic heterocycles. The van der Waals surface area contributed by atoms with Gasteiger partial charge in [0.2, 0.25) is 0 Å². The van der Waals surface area contributed by atoms with E-state index in [1.165, 1.54) is 7.11 Å². The zero-order valence-corrected chi connectivity index (χ0v) is 17.2. The fourth-order valence-corrected chi connectivity index (χ4v) is 7.69. The van der Waals surface area contributed by atoms with Crippen LogP contribution in [0.15, 0.2) is 29.2 Å². The van der Waals surface area contributed by atoms with Crippen molar-refractivity contribution in [3.05, 3.63) is 29.8 Å². The molecule has 0 aliphatic carbocycles. The Hall–Kier alpha value is -0.943. The van der Waals surface area contributed by atoms with Gasteiger partial charge in [-0.1, -0.05) is 51.2 Å². The van der Waals surface area contributed by atoms with E-state index in [0.29, 0.717) is 0 Å². The van der Waals surface area contributed by atoms with Crippen LogP contribution in [0.5, 0.6) is 0 Å². The molecular formula is C18H30O3SSi. The van der Waals surface area contributed by atoms with Crippen LogP contribution in [0, 0.1) is 18.8 Å². The molecule has 0 aromatic heterocycles.